The van der Waals surface area contributed by atoms with Crippen molar-refractivity contribution in [3.8, 4) is 0 Å². The van der Waals surface area contributed by atoms with Crippen LogP contribution in [0.3, 0.4) is 0 Å². The summed E-state index contributed by atoms with van der Waals surface area (Å²) in [7, 11) is 1.39. The largest absolute Gasteiger partial charge is 0.465 e. The van der Waals surface area contributed by atoms with Crippen LogP contribution in [0.1, 0.15) is 32.6 Å². The molecule has 0 fully saturated rings. The minimum absolute atomic E-state index is 0.277. The normalized spacial score (nSPS) is 12.1. The van der Waals surface area contributed by atoms with E-state index in [1.165, 1.54) is 23.3 Å². The molecule has 0 unspecified atom stereocenters. The summed E-state index contributed by atoms with van der Waals surface area (Å²) in [6.45, 7) is 1.37. The van der Waals surface area contributed by atoms with Crippen molar-refractivity contribution in [3.05, 3.63) is 57.8 Å². The van der Waals surface area contributed by atoms with Gasteiger partial charge in [-0.1, -0.05) is 30.3 Å². The van der Waals surface area contributed by atoms with Crippen LogP contribution >= 0.6 is 11.3 Å². The van der Waals surface area contributed by atoms with Gasteiger partial charge in [0.15, 0.2) is 0 Å². The molecule has 0 saturated heterocycles. The zero-order valence-corrected chi connectivity index (χ0v) is 13.4. The summed E-state index contributed by atoms with van der Waals surface area (Å²) in [5, 5.41) is 13.3. The van der Waals surface area contributed by atoms with Gasteiger partial charge in [0.05, 0.1) is 13.2 Å². The number of ether oxygens (including phenoxy) is 1. The lowest BCUT2D eigenvalue weighted by Crippen LogP contribution is -2.22. The number of carbonyl (C=O) groups excluding carboxylic acids is 1. The fourth-order valence-corrected chi connectivity index (χ4v) is 3.11. The van der Waals surface area contributed by atoms with Crippen LogP contribution in [0.2, 0.25) is 0 Å². The van der Waals surface area contributed by atoms with Gasteiger partial charge in [-0.25, -0.2) is 4.79 Å². The Morgan fingerprint density at radius 2 is 2.05 bits per heavy atom. The number of carbonyl (C=O) groups is 1. The minimum Gasteiger partial charge on any atom is -0.465 e. The molecule has 0 amide bonds. The quantitative estimate of drug-likeness (QED) is 0.580. The first-order chi connectivity index (χ1) is 10.7. The Morgan fingerprint density at radius 3 is 2.77 bits per heavy atom. The number of methoxy groups -OCH3 is 1. The molecule has 0 aliphatic carbocycles. The highest BCUT2D eigenvalue weighted by atomic mass is 32.1. The molecule has 1 atom stereocenters. The van der Waals surface area contributed by atoms with Gasteiger partial charge in [-0.2, -0.15) is 0 Å². The molecule has 118 valence electrons. The van der Waals surface area contributed by atoms with E-state index in [2.05, 4.69) is 5.32 Å². The molecule has 0 bridgehead atoms. The number of benzene rings is 1. The minimum atomic E-state index is -0.478. The zero-order chi connectivity index (χ0) is 15.8. The van der Waals surface area contributed by atoms with Gasteiger partial charge < -0.3 is 15.2 Å². The van der Waals surface area contributed by atoms with Crippen molar-refractivity contribution >= 4 is 17.3 Å². The lowest BCUT2D eigenvalue weighted by molar-refractivity contribution is 0.0606. The Hall–Kier alpha value is -1.69. The molecule has 1 heterocycles. The number of aliphatic hydroxyl groups excluding tert-OH is 1. The third-order valence-corrected chi connectivity index (χ3v) is 4.47. The van der Waals surface area contributed by atoms with E-state index in [-0.39, 0.29) is 5.97 Å². The summed E-state index contributed by atoms with van der Waals surface area (Å²) in [4.78, 5) is 13.2. The zero-order valence-electron chi connectivity index (χ0n) is 12.6. The van der Waals surface area contributed by atoms with Crippen molar-refractivity contribution in [3.63, 3.8) is 0 Å². The highest BCUT2D eigenvalue weighted by Gasteiger charge is 2.09. The predicted octanol–water partition coefficient (Wildman–Crippen LogP) is 2.79. The summed E-state index contributed by atoms with van der Waals surface area (Å²) in [5.74, 6) is -0.277. The van der Waals surface area contributed by atoms with Crippen LogP contribution in [0.25, 0.3) is 0 Å². The molecule has 2 N–H and O–H groups in total. The third-order valence-electron chi connectivity index (χ3n) is 3.35. The molecular weight excluding hydrogens is 298 g/mol. The van der Waals surface area contributed by atoms with Crippen LogP contribution < -0.4 is 5.32 Å². The molecule has 0 spiro atoms. The van der Waals surface area contributed by atoms with E-state index in [4.69, 9.17) is 4.74 Å². The number of hydrogen-bond acceptors (Lipinski definition) is 5. The van der Waals surface area contributed by atoms with Crippen molar-refractivity contribution in [2.45, 2.75) is 18.9 Å². The van der Waals surface area contributed by atoms with Crippen molar-refractivity contribution < 1.29 is 14.6 Å². The first-order valence-electron chi connectivity index (χ1n) is 7.31. The molecule has 0 radical (unpaired) electrons. The monoisotopic (exact) mass is 319 g/mol. The maximum absolute atomic E-state index is 11.4. The summed E-state index contributed by atoms with van der Waals surface area (Å²) in [5.41, 5.74) is 0.927. The molecule has 1 aromatic carbocycles. The van der Waals surface area contributed by atoms with E-state index in [9.17, 15) is 9.90 Å². The van der Waals surface area contributed by atoms with Gasteiger partial charge in [-0.15, -0.1) is 11.3 Å². The van der Waals surface area contributed by atoms with Gasteiger partial charge in [0.25, 0.3) is 0 Å². The molecule has 22 heavy (non-hydrogen) atoms. The Balaban J connectivity index is 1.65. The van der Waals surface area contributed by atoms with E-state index in [1.54, 1.807) is 6.07 Å². The number of hydrogen-bond donors (Lipinski definition) is 2. The van der Waals surface area contributed by atoms with Gasteiger partial charge in [0, 0.05) is 11.4 Å². The van der Waals surface area contributed by atoms with Gasteiger partial charge in [-0.05, 0) is 37.1 Å². The van der Waals surface area contributed by atoms with E-state index < -0.39 is 6.10 Å². The fourth-order valence-electron chi connectivity index (χ4n) is 2.14. The highest BCUT2D eigenvalue weighted by molar-refractivity contribution is 7.13. The number of aryl methyl sites for hydroxylation is 1. The predicted molar refractivity (Wildman–Crippen MR) is 88.3 cm³/mol. The molecule has 0 saturated carbocycles. The van der Waals surface area contributed by atoms with Gasteiger partial charge in [-0.3, -0.25) is 0 Å². The molecular formula is C17H21NO3S. The third kappa shape index (κ3) is 4.94. The Labute approximate surface area is 134 Å². The molecule has 2 aromatic rings. The number of rotatable bonds is 8. The average Bonchev–Trinajstić information content (AvgIpc) is 3.03. The van der Waals surface area contributed by atoms with Crippen LogP contribution in [0.4, 0.5) is 0 Å². The molecule has 4 nitrogen and oxygen atoms in total. The van der Waals surface area contributed by atoms with E-state index >= 15 is 0 Å². The lowest BCUT2D eigenvalue weighted by Gasteiger charge is -2.11. The van der Waals surface area contributed by atoms with Gasteiger partial charge in [0.1, 0.15) is 4.88 Å². The fraction of sp³-hybridized carbons (Fsp3) is 0.353. The summed E-state index contributed by atoms with van der Waals surface area (Å²) >= 11 is 1.48. The standard InChI is InChI=1S/C17H21NO3S/c1-21-17(20)16-10-9-14(22-16)8-5-11-18-12-15(19)13-6-3-2-4-7-13/h2-4,6-7,9-10,15,18-19H,5,8,11-12H2,1H3/t15-/m0/s1. The second-order valence-electron chi connectivity index (χ2n) is 4.99. The first kappa shape index (κ1) is 16.7. The summed E-state index contributed by atoms with van der Waals surface area (Å²) in [6, 6.07) is 13.4. The maximum atomic E-state index is 11.4. The first-order valence-corrected chi connectivity index (χ1v) is 8.13. The van der Waals surface area contributed by atoms with Crippen molar-refractivity contribution in [1.82, 2.24) is 5.32 Å². The molecule has 0 aliphatic heterocycles. The number of esters is 1. The molecule has 5 heteroatoms. The lowest BCUT2D eigenvalue weighted by atomic mass is 10.1. The average molecular weight is 319 g/mol. The van der Waals surface area contributed by atoms with Gasteiger partial charge >= 0.3 is 5.97 Å². The van der Waals surface area contributed by atoms with Crippen LogP contribution in [0.5, 0.6) is 0 Å². The number of nitrogens with one attached hydrogen (secondary N) is 1. The topological polar surface area (TPSA) is 58.6 Å². The van der Waals surface area contributed by atoms with Crippen LogP contribution in [-0.4, -0.2) is 31.3 Å². The Morgan fingerprint density at radius 1 is 1.27 bits per heavy atom. The Kier molecular flexibility index (Phi) is 6.58. The summed E-state index contributed by atoms with van der Waals surface area (Å²) in [6.07, 6.45) is 1.40. The van der Waals surface area contributed by atoms with Gasteiger partial charge in [0.2, 0.25) is 0 Å². The van der Waals surface area contributed by atoms with Crippen LogP contribution in [0, 0.1) is 0 Å². The van der Waals surface area contributed by atoms with E-state index in [0.717, 1.165) is 24.9 Å². The van der Waals surface area contributed by atoms with Crippen LogP contribution in [-0.2, 0) is 11.2 Å². The van der Waals surface area contributed by atoms with Crippen molar-refractivity contribution in [2.24, 2.45) is 0 Å². The van der Waals surface area contributed by atoms with Crippen molar-refractivity contribution in [1.29, 1.82) is 0 Å². The van der Waals surface area contributed by atoms with Crippen LogP contribution in [0.15, 0.2) is 42.5 Å². The number of aliphatic hydroxyl groups is 1. The van der Waals surface area contributed by atoms with E-state index in [1.807, 2.05) is 36.4 Å². The molecule has 2 rings (SSSR count). The second kappa shape index (κ2) is 8.68. The maximum Gasteiger partial charge on any atom is 0.348 e. The molecule has 1 aromatic heterocycles. The Bertz CT molecular complexity index is 583. The van der Waals surface area contributed by atoms with Crippen molar-refractivity contribution in [2.75, 3.05) is 20.2 Å². The molecule has 0 aliphatic rings. The summed E-state index contributed by atoms with van der Waals surface area (Å²) < 4.78 is 4.69. The number of thiophene rings is 1. The van der Waals surface area contributed by atoms with E-state index in [0.29, 0.717) is 11.4 Å². The SMILES string of the molecule is COC(=O)c1ccc(CCCNC[C@H](O)c2ccccc2)s1. The highest BCUT2D eigenvalue weighted by Crippen LogP contribution is 2.18. The smallest absolute Gasteiger partial charge is 0.348 e. The second-order valence-corrected chi connectivity index (χ2v) is 6.16.